The summed E-state index contributed by atoms with van der Waals surface area (Å²) < 4.78 is 12.8. The van der Waals surface area contributed by atoms with Gasteiger partial charge in [-0.25, -0.2) is 4.68 Å². The molecule has 0 N–H and O–H groups in total. The average molecular weight is 359 g/mol. The third-order valence-corrected chi connectivity index (χ3v) is 5.56. The van der Waals surface area contributed by atoms with E-state index in [0.29, 0.717) is 29.2 Å². The highest BCUT2D eigenvalue weighted by atomic mass is 32.1. The molecule has 0 amide bonds. The fourth-order valence-electron chi connectivity index (χ4n) is 3.75. The van der Waals surface area contributed by atoms with Crippen molar-refractivity contribution in [2.45, 2.75) is 63.7 Å². The van der Waals surface area contributed by atoms with Crippen molar-refractivity contribution in [3.63, 3.8) is 0 Å². The van der Waals surface area contributed by atoms with Gasteiger partial charge in [-0.05, 0) is 55.6 Å². The van der Waals surface area contributed by atoms with Crippen LogP contribution in [0.15, 0.2) is 28.7 Å². The average Bonchev–Trinajstić information content (AvgIpc) is 3.20. The molecule has 2 aliphatic carbocycles. The standard InChI is InChI=1S/C19H25N3O2S/c1-23-17-10-6-14(7-11-17)12-18-20-22(19(25)24-18)13-21(16-8-9-16)15-4-2-3-5-15/h6-7,10-11,15-16H,2-5,8-9,12-13H2,1H3. The van der Waals surface area contributed by atoms with Crippen LogP contribution < -0.4 is 4.74 Å². The first-order chi connectivity index (χ1) is 12.2. The molecule has 1 aromatic heterocycles. The summed E-state index contributed by atoms with van der Waals surface area (Å²) in [5, 5.41) is 4.64. The molecule has 6 heteroatoms. The zero-order chi connectivity index (χ0) is 17.2. The predicted octanol–water partition coefficient (Wildman–Crippen LogP) is 4.17. The first kappa shape index (κ1) is 16.8. The molecule has 0 bridgehead atoms. The maximum Gasteiger partial charge on any atom is 0.288 e. The van der Waals surface area contributed by atoms with Crippen LogP contribution >= 0.6 is 12.2 Å². The van der Waals surface area contributed by atoms with E-state index in [0.717, 1.165) is 18.0 Å². The second-order valence-corrected chi connectivity index (χ2v) is 7.46. The summed E-state index contributed by atoms with van der Waals surface area (Å²) in [6.07, 6.45) is 8.57. The van der Waals surface area contributed by atoms with E-state index in [9.17, 15) is 0 Å². The number of ether oxygens (including phenoxy) is 1. The Bertz CT molecular complexity index is 758. The van der Waals surface area contributed by atoms with Crippen LogP contribution in [0.4, 0.5) is 0 Å². The highest BCUT2D eigenvalue weighted by molar-refractivity contribution is 7.71. The molecule has 1 heterocycles. The molecule has 0 saturated heterocycles. The molecule has 2 aliphatic rings. The predicted molar refractivity (Wildman–Crippen MR) is 98.2 cm³/mol. The molecule has 2 fully saturated rings. The molecule has 1 aromatic carbocycles. The monoisotopic (exact) mass is 359 g/mol. The SMILES string of the molecule is COc1ccc(Cc2nn(CN(C3CCCC3)C3CC3)c(=S)o2)cc1. The molecule has 2 aromatic rings. The first-order valence-corrected chi connectivity index (χ1v) is 9.59. The Morgan fingerprint density at radius 2 is 1.84 bits per heavy atom. The van der Waals surface area contributed by atoms with E-state index in [-0.39, 0.29) is 0 Å². The van der Waals surface area contributed by atoms with Crippen LogP contribution in [-0.4, -0.2) is 33.9 Å². The minimum Gasteiger partial charge on any atom is -0.497 e. The first-order valence-electron chi connectivity index (χ1n) is 9.18. The molecule has 0 unspecified atom stereocenters. The van der Waals surface area contributed by atoms with Crippen LogP contribution in [0.3, 0.4) is 0 Å². The Morgan fingerprint density at radius 1 is 1.16 bits per heavy atom. The van der Waals surface area contributed by atoms with Gasteiger partial charge in [0.15, 0.2) is 0 Å². The van der Waals surface area contributed by atoms with Gasteiger partial charge >= 0.3 is 0 Å². The zero-order valence-electron chi connectivity index (χ0n) is 14.7. The molecule has 4 rings (SSSR count). The van der Waals surface area contributed by atoms with E-state index in [1.807, 2.05) is 28.9 Å². The van der Waals surface area contributed by atoms with Crippen LogP contribution in [-0.2, 0) is 13.1 Å². The molecule has 5 nitrogen and oxygen atoms in total. The van der Waals surface area contributed by atoms with E-state index in [4.69, 9.17) is 21.4 Å². The van der Waals surface area contributed by atoms with Crippen LogP contribution in [0.25, 0.3) is 0 Å². The lowest BCUT2D eigenvalue weighted by Gasteiger charge is -2.28. The fraction of sp³-hybridized carbons (Fsp3) is 0.579. The van der Waals surface area contributed by atoms with Gasteiger partial charge in [0.1, 0.15) is 5.75 Å². The second kappa shape index (κ2) is 7.30. The van der Waals surface area contributed by atoms with E-state index in [1.54, 1.807) is 7.11 Å². The van der Waals surface area contributed by atoms with Crippen LogP contribution in [0.5, 0.6) is 5.75 Å². The fourth-order valence-corrected chi connectivity index (χ4v) is 3.95. The van der Waals surface area contributed by atoms with E-state index >= 15 is 0 Å². The van der Waals surface area contributed by atoms with Crippen molar-refractivity contribution in [3.8, 4) is 5.75 Å². The lowest BCUT2D eigenvalue weighted by Crippen LogP contribution is -2.37. The minimum atomic E-state index is 0.479. The highest BCUT2D eigenvalue weighted by Crippen LogP contribution is 2.34. The maximum absolute atomic E-state index is 5.75. The molecular weight excluding hydrogens is 334 g/mol. The van der Waals surface area contributed by atoms with Crippen LogP contribution in [0.2, 0.25) is 0 Å². The van der Waals surface area contributed by atoms with Crippen molar-refractivity contribution in [3.05, 3.63) is 40.6 Å². The third kappa shape index (κ3) is 3.96. The van der Waals surface area contributed by atoms with Crippen LogP contribution in [0.1, 0.15) is 50.0 Å². The Balaban J connectivity index is 1.46. The molecule has 0 aliphatic heterocycles. The smallest absolute Gasteiger partial charge is 0.288 e. The number of benzene rings is 1. The summed E-state index contributed by atoms with van der Waals surface area (Å²) >= 11 is 5.42. The Kier molecular flexibility index (Phi) is 4.90. The van der Waals surface area contributed by atoms with Gasteiger partial charge in [0, 0.05) is 12.1 Å². The van der Waals surface area contributed by atoms with Gasteiger partial charge in [-0.2, -0.15) is 0 Å². The molecule has 0 spiro atoms. The summed E-state index contributed by atoms with van der Waals surface area (Å²) in [5.74, 6) is 1.53. The Morgan fingerprint density at radius 3 is 2.48 bits per heavy atom. The number of rotatable bonds is 7. The van der Waals surface area contributed by atoms with Crippen LogP contribution in [0, 0.1) is 4.84 Å². The molecule has 0 radical (unpaired) electrons. The summed E-state index contributed by atoms with van der Waals surface area (Å²) in [6, 6.07) is 9.38. The van der Waals surface area contributed by atoms with Gasteiger partial charge < -0.3 is 9.15 Å². The quantitative estimate of drug-likeness (QED) is 0.694. The van der Waals surface area contributed by atoms with Crippen molar-refractivity contribution >= 4 is 12.2 Å². The number of methoxy groups -OCH3 is 1. The van der Waals surface area contributed by atoms with E-state index in [2.05, 4.69) is 10.00 Å². The largest absolute Gasteiger partial charge is 0.497 e. The van der Waals surface area contributed by atoms with E-state index in [1.165, 1.54) is 38.5 Å². The summed E-state index contributed by atoms with van der Waals surface area (Å²) in [4.78, 5) is 3.08. The van der Waals surface area contributed by atoms with Crippen molar-refractivity contribution < 1.29 is 9.15 Å². The topological polar surface area (TPSA) is 43.4 Å². The molecule has 2 saturated carbocycles. The molecule has 25 heavy (non-hydrogen) atoms. The summed E-state index contributed by atoms with van der Waals surface area (Å²) in [5.41, 5.74) is 1.14. The number of aromatic nitrogens is 2. The van der Waals surface area contributed by atoms with E-state index < -0.39 is 0 Å². The van der Waals surface area contributed by atoms with Crippen molar-refractivity contribution in [2.75, 3.05) is 7.11 Å². The van der Waals surface area contributed by atoms with Gasteiger partial charge in [0.2, 0.25) is 5.89 Å². The molecule has 0 atom stereocenters. The maximum atomic E-state index is 5.75. The van der Waals surface area contributed by atoms with Gasteiger partial charge in [0.25, 0.3) is 4.84 Å². The zero-order valence-corrected chi connectivity index (χ0v) is 15.5. The summed E-state index contributed by atoms with van der Waals surface area (Å²) in [6.45, 7) is 0.764. The second-order valence-electron chi connectivity index (χ2n) is 7.11. The minimum absolute atomic E-state index is 0.479. The van der Waals surface area contributed by atoms with Crippen molar-refractivity contribution in [1.82, 2.24) is 14.7 Å². The van der Waals surface area contributed by atoms with Gasteiger partial charge in [-0.3, -0.25) is 4.90 Å². The van der Waals surface area contributed by atoms with Gasteiger partial charge in [-0.1, -0.05) is 25.0 Å². The highest BCUT2D eigenvalue weighted by Gasteiger charge is 2.35. The Labute approximate surface area is 153 Å². The number of nitrogens with zero attached hydrogens (tertiary/aromatic N) is 3. The normalized spacial score (nSPS) is 18.2. The van der Waals surface area contributed by atoms with Gasteiger partial charge in [0.05, 0.1) is 20.2 Å². The molecular formula is C19H25N3O2S. The van der Waals surface area contributed by atoms with Crippen molar-refractivity contribution in [2.24, 2.45) is 0 Å². The third-order valence-electron chi connectivity index (χ3n) is 5.27. The van der Waals surface area contributed by atoms with Gasteiger partial charge in [-0.15, -0.1) is 5.10 Å². The van der Waals surface area contributed by atoms with Crippen molar-refractivity contribution in [1.29, 1.82) is 0 Å². The number of hydrogen-bond donors (Lipinski definition) is 0. The number of hydrogen-bond acceptors (Lipinski definition) is 5. The molecule has 134 valence electrons. The lowest BCUT2D eigenvalue weighted by atomic mass is 10.1. The lowest BCUT2D eigenvalue weighted by molar-refractivity contribution is 0.132. The Hall–Kier alpha value is -1.66. The summed E-state index contributed by atoms with van der Waals surface area (Å²) in [7, 11) is 1.67.